The quantitative estimate of drug-likeness (QED) is 0.720. The monoisotopic (exact) mass is 345 g/mol. The van der Waals surface area contributed by atoms with Crippen LogP contribution < -0.4 is 15.5 Å². The number of amides is 2. The van der Waals surface area contributed by atoms with Gasteiger partial charge >= 0.3 is 11.8 Å². The molecular weight excluding hydrogens is 325 g/mol. The van der Waals surface area contributed by atoms with Crippen molar-refractivity contribution in [2.24, 2.45) is 0 Å². The van der Waals surface area contributed by atoms with Gasteiger partial charge in [-0.05, 0) is 42.0 Å². The third-order valence-electron chi connectivity index (χ3n) is 3.56. The normalized spacial score (nSPS) is 11.5. The lowest BCUT2D eigenvalue weighted by atomic mass is 10.1. The zero-order chi connectivity index (χ0) is 18.4. The first-order chi connectivity index (χ1) is 11.9. The van der Waals surface area contributed by atoms with Crippen LogP contribution in [-0.4, -0.2) is 37.6 Å². The van der Waals surface area contributed by atoms with Crippen LogP contribution in [0, 0.1) is 5.82 Å². The number of benzene rings is 2. The fraction of sp³-hybridized carbons (Fsp3) is 0.222. The lowest BCUT2D eigenvalue weighted by Gasteiger charge is -2.15. The highest BCUT2D eigenvalue weighted by Crippen LogP contribution is 2.17. The van der Waals surface area contributed by atoms with Gasteiger partial charge < -0.3 is 20.6 Å². The Kier molecular flexibility index (Phi) is 6.08. The molecule has 1 unspecified atom stereocenters. The largest absolute Gasteiger partial charge is 0.387 e. The van der Waals surface area contributed by atoms with Gasteiger partial charge in [0, 0.05) is 32.0 Å². The summed E-state index contributed by atoms with van der Waals surface area (Å²) in [5, 5.41) is 14.8. The Morgan fingerprint density at radius 3 is 2.20 bits per heavy atom. The maximum absolute atomic E-state index is 12.8. The minimum Gasteiger partial charge on any atom is -0.387 e. The van der Waals surface area contributed by atoms with Gasteiger partial charge in [0.1, 0.15) is 5.82 Å². The van der Waals surface area contributed by atoms with E-state index in [1.54, 1.807) is 12.1 Å². The van der Waals surface area contributed by atoms with E-state index in [1.807, 2.05) is 31.1 Å². The molecule has 0 heterocycles. The van der Waals surface area contributed by atoms with Crippen molar-refractivity contribution in [3.05, 3.63) is 59.9 Å². The molecule has 0 aliphatic rings. The van der Waals surface area contributed by atoms with Crippen LogP contribution in [0.1, 0.15) is 11.7 Å². The van der Waals surface area contributed by atoms with E-state index in [2.05, 4.69) is 10.6 Å². The number of hydrogen-bond acceptors (Lipinski definition) is 4. The Hall–Kier alpha value is -2.93. The molecule has 1 atom stereocenters. The minimum atomic E-state index is -0.932. The molecule has 0 fully saturated rings. The number of aliphatic hydroxyl groups is 1. The molecule has 0 bridgehead atoms. The molecule has 6 nitrogen and oxygen atoms in total. The Bertz CT molecular complexity index is 730. The first-order valence-electron chi connectivity index (χ1n) is 7.67. The van der Waals surface area contributed by atoms with E-state index in [4.69, 9.17) is 0 Å². The van der Waals surface area contributed by atoms with Crippen molar-refractivity contribution < 1.29 is 19.1 Å². The Morgan fingerprint density at radius 2 is 1.64 bits per heavy atom. The molecule has 25 heavy (non-hydrogen) atoms. The zero-order valence-electron chi connectivity index (χ0n) is 14.0. The van der Waals surface area contributed by atoms with Crippen molar-refractivity contribution in [2.75, 3.05) is 30.9 Å². The number of aliphatic hydroxyl groups excluding tert-OH is 1. The topological polar surface area (TPSA) is 81.7 Å². The molecular formula is C18H20FN3O3. The molecule has 2 aromatic rings. The predicted molar refractivity (Wildman–Crippen MR) is 93.8 cm³/mol. The molecule has 0 saturated carbocycles. The summed E-state index contributed by atoms with van der Waals surface area (Å²) in [6.45, 7) is -0.100. The highest BCUT2D eigenvalue weighted by Gasteiger charge is 2.16. The van der Waals surface area contributed by atoms with Gasteiger partial charge in [-0.1, -0.05) is 12.1 Å². The Balaban J connectivity index is 1.85. The Labute approximate surface area is 145 Å². The zero-order valence-corrected chi connectivity index (χ0v) is 14.0. The first-order valence-corrected chi connectivity index (χ1v) is 7.67. The molecule has 2 rings (SSSR count). The number of halogens is 1. The van der Waals surface area contributed by atoms with Crippen molar-refractivity contribution in [1.29, 1.82) is 0 Å². The first kappa shape index (κ1) is 18.4. The average molecular weight is 345 g/mol. The van der Waals surface area contributed by atoms with E-state index in [0.29, 0.717) is 11.3 Å². The number of carbonyl (C=O) groups is 2. The lowest BCUT2D eigenvalue weighted by Crippen LogP contribution is -2.37. The number of carbonyl (C=O) groups excluding carboxylic acids is 2. The molecule has 0 saturated heterocycles. The van der Waals surface area contributed by atoms with Gasteiger partial charge in [-0.2, -0.15) is 0 Å². The molecule has 132 valence electrons. The number of nitrogens with one attached hydrogen (secondary N) is 2. The third kappa shape index (κ3) is 5.29. The van der Waals surface area contributed by atoms with E-state index in [0.717, 1.165) is 5.69 Å². The number of hydrogen-bond donors (Lipinski definition) is 3. The summed E-state index contributed by atoms with van der Waals surface area (Å²) in [5.41, 5.74) is 1.92. The highest BCUT2D eigenvalue weighted by molar-refractivity contribution is 6.39. The third-order valence-corrected chi connectivity index (χ3v) is 3.56. The van der Waals surface area contributed by atoms with Crippen LogP contribution in [0.2, 0.25) is 0 Å². The second-order valence-electron chi connectivity index (χ2n) is 5.67. The van der Waals surface area contributed by atoms with Crippen LogP contribution in [0.5, 0.6) is 0 Å². The van der Waals surface area contributed by atoms with E-state index in [-0.39, 0.29) is 6.54 Å². The Morgan fingerprint density at radius 1 is 1.04 bits per heavy atom. The molecule has 0 aromatic heterocycles. The van der Waals surface area contributed by atoms with Gasteiger partial charge in [-0.25, -0.2) is 4.39 Å². The predicted octanol–water partition coefficient (Wildman–Crippen LogP) is 1.68. The molecule has 0 radical (unpaired) electrons. The van der Waals surface area contributed by atoms with Gasteiger partial charge in [-0.3, -0.25) is 9.59 Å². The molecule has 2 aromatic carbocycles. The summed E-state index contributed by atoms with van der Waals surface area (Å²) in [7, 11) is 3.82. The van der Waals surface area contributed by atoms with Crippen LogP contribution in [0.25, 0.3) is 0 Å². The summed E-state index contributed by atoms with van der Waals surface area (Å²) in [6.07, 6.45) is -0.932. The maximum atomic E-state index is 12.8. The summed E-state index contributed by atoms with van der Waals surface area (Å²) in [6, 6.07) is 12.3. The van der Waals surface area contributed by atoms with Gasteiger partial charge in [0.25, 0.3) is 0 Å². The maximum Gasteiger partial charge on any atom is 0.313 e. The van der Waals surface area contributed by atoms with Crippen LogP contribution in [-0.2, 0) is 9.59 Å². The second-order valence-corrected chi connectivity index (χ2v) is 5.67. The fourth-order valence-corrected chi connectivity index (χ4v) is 2.10. The average Bonchev–Trinajstić information content (AvgIpc) is 2.61. The summed E-state index contributed by atoms with van der Waals surface area (Å²) < 4.78 is 12.8. The SMILES string of the molecule is CN(C)c1ccc(C(O)CNC(=O)C(=O)Nc2ccc(F)cc2)cc1. The van der Waals surface area contributed by atoms with E-state index < -0.39 is 23.7 Å². The van der Waals surface area contributed by atoms with Gasteiger partial charge in [0.15, 0.2) is 0 Å². The van der Waals surface area contributed by atoms with Crippen molar-refractivity contribution >= 4 is 23.2 Å². The van der Waals surface area contributed by atoms with Crippen LogP contribution in [0.3, 0.4) is 0 Å². The smallest absolute Gasteiger partial charge is 0.313 e. The minimum absolute atomic E-state index is 0.100. The van der Waals surface area contributed by atoms with E-state index in [9.17, 15) is 19.1 Å². The highest BCUT2D eigenvalue weighted by atomic mass is 19.1. The van der Waals surface area contributed by atoms with Crippen LogP contribution >= 0.6 is 0 Å². The second kappa shape index (κ2) is 8.25. The molecule has 0 spiro atoms. The number of anilines is 2. The van der Waals surface area contributed by atoms with Crippen molar-refractivity contribution in [3.63, 3.8) is 0 Å². The molecule has 3 N–H and O–H groups in total. The molecule has 7 heteroatoms. The molecule has 2 amide bonds. The summed E-state index contributed by atoms with van der Waals surface area (Å²) in [5.74, 6) is -2.21. The van der Waals surface area contributed by atoms with E-state index in [1.165, 1.54) is 24.3 Å². The summed E-state index contributed by atoms with van der Waals surface area (Å²) >= 11 is 0. The number of rotatable bonds is 5. The van der Waals surface area contributed by atoms with E-state index >= 15 is 0 Å². The summed E-state index contributed by atoms with van der Waals surface area (Å²) in [4.78, 5) is 25.5. The van der Waals surface area contributed by atoms with Crippen LogP contribution in [0.15, 0.2) is 48.5 Å². The standard InChI is InChI=1S/C18H20FN3O3/c1-22(2)15-9-3-12(4-10-15)16(23)11-20-17(24)18(25)21-14-7-5-13(19)6-8-14/h3-10,16,23H,11H2,1-2H3,(H,20,24)(H,21,25). The van der Waals surface area contributed by atoms with Gasteiger partial charge in [0.2, 0.25) is 0 Å². The molecule has 0 aliphatic heterocycles. The number of nitrogens with zero attached hydrogens (tertiary/aromatic N) is 1. The molecule has 0 aliphatic carbocycles. The van der Waals surface area contributed by atoms with Crippen molar-refractivity contribution in [2.45, 2.75) is 6.10 Å². The van der Waals surface area contributed by atoms with Crippen molar-refractivity contribution in [3.8, 4) is 0 Å². The van der Waals surface area contributed by atoms with Gasteiger partial charge in [-0.15, -0.1) is 0 Å². The lowest BCUT2D eigenvalue weighted by molar-refractivity contribution is -0.136. The van der Waals surface area contributed by atoms with Crippen LogP contribution in [0.4, 0.5) is 15.8 Å². The fourth-order valence-electron chi connectivity index (χ4n) is 2.10. The van der Waals surface area contributed by atoms with Gasteiger partial charge in [0.05, 0.1) is 6.10 Å². The van der Waals surface area contributed by atoms with Crippen molar-refractivity contribution in [1.82, 2.24) is 5.32 Å².